The number of nitrogens with one attached hydrogen (secondary N) is 1. The number of ether oxygens (including phenoxy) is 2. The highest BCUT2D eigenvalue weighted by Gasteiger charge is 2.20. The van der Waals surface area contributed by atoms with Crippen LogP contribution in [-0.4, -0.2) is 34.8 Å². The van der Waals surface area contributed by atoms with E-state index in [-0.39, 0.29) is 11.1 Å². The second-order valence-electron chi connectivity index (χ2n) is 7.82. The number of rotatable bonds is 3. The van der Waals surface area contributed by atoms with E-state index in [1.165, 1.54) is 0 Å². The molecule has 0 saturated carbocycles. The summed E-state index contributed by atoms with van der Waals surface area (Å²) in [5.41, 5.74) is 1.70. The van der Waals surface area contributed by atoms with Crippen LogP contribution in [0.2, 0.25) is 0 Å². The molecule has 6 heteroatoms. The predicted molar refractivity (Wildman–Crippen MR) is 109 cm³/mol. The van der Waals surface area contributed by atoms with Gasteiger partial charge in [-0.3, -0.25) is 0 Å². The van der Waals surface area contributed by atoms with Crippen LogP contribution < -0.4 is 14.8 Å². The first-order chi connectivity index (χ1) is 13.3. The van der Waals surface area contributed by atoms with Crippen LogP contribution in [0.25, 0.3) is 21.9 Å². The van der Waals surface area contributed by atoms with Gasteiger partial charge in [-0.2, -0.15) is 0 Å². The summed E-state index contributed by atoms with van der Waals surface area (Å²) in [5, 5.41) is 14.6. The van der Waals surface area contributed by atoms with E-state index in [0.717, 1.165) is 27.7 Å². The van der Waals surface area contributed by atoms with Gasteiger partial charge < -0.3 is 19.9 Å². The molecule has 0 fully saturated rings. The molecular weight excluding hydrogens is 356 g/mol. The molecule has 2 heterocycles. The molecule has 1 aliphatic rings. The Morgan fingerprint density at radius 3 is 2.39 bits per heavy atom. The highest BCUT2D eigenvalue weighted by molar-refractivity contribution is 6.04. The number of hydrogen-bond donors (Lipinski definition) is 2. The minimum Gasteiger partial charge on any atom is -0.486 e. The molecule has 28 heavy (non-hydrogen) atoms. The number of nitrogens with zero attached hydrogens (tertiary/aromatic N) is 1. The van der Waals surface area contributed by atoms with Gasteiger partial charge in [-0.25, -0.2) is 9.78 Å². The molecule has 0 bridgehead atoms. The van der Waals surface area contributed by atoms with Crippen molar-refractivity contribution in [3.05, 3.63) is 48.2 Å². The first kappa shape index (κ1) is 18.1. The number of fused-ring (bicyclic) bond motifs is 2. The molecule has 1 aromatic heterocycles. The van der Waals surface area contributed by atoms with E-state index in [1.54, 1.807) is 24.4 Å². The summed E-state index contributed by atoms with van der Waals surface area (Å²) in [6.45, 7) is 7.23. The molecule has 0 aliphatic carbocycles. The second kappa shape index (κ2) is 6.71. The van der Waals surface area contributed by atoms with Gasteiger partial charge in [0.25, 0.3) is 0 Å². The minimum atomic E-state index is -0.959. The van der Waals surface area contributed by atoms with E-state index in [9.17, 15) is 9.90 Å². The van der Waals surface area contributed by atoms with Crippen molar-refractivity contribution in [3.63, 3.8) is 0 Å². The lowest BCUT2D eigenvalue weighted by Gasteiger charge is -2.24. The minimum absolute atomic E-state index is 0.169. The number of hydrogen-bond acceptors (Lipinski definition) is 5. The number of aromatic carboxylic acids is 1. The number of carboxylic acid groups (broad SMARTS) is 1. The van der Waals surface area contributed by atoms with E-state index in [1.807, 2.05) is 18.2 Å². The van der Waals surface area contributed by atoms with Gasteiger partial charge in [0.05, 0.1) is 5.56 Å². The molecule has 0 radical (unpaired) electrons. The number of anilines is 1. The van der Waals surface area contributed by atoms with Crippen molar-refractivity contribution in [2.75, 3.05) is 18.5 Å². The van der Waals surface area contributed by atoms with Crippen molar-refractivity contribution < 1.29 is 19.4 Å². The zero-order chi connectivity index (χ0) is 19.9. The standard InChI is InChI=1S/C22H22N2O4/c1-22(2,3)24-20-16-11-19-18(27-7-8-28-19)10-15(16)17(12-23-20)13-5-4-6-14(9-13)21(25)26/h4-6,9-12H,7-8H2,1-3H3,(H,23,24)(H,25,26). The van der Waals surface area contributed by atoms with Crippen LogP contribution in [0.5, 0.6) is 11.5 Å². The molecular formula is C22H22N2O4. The van der Waals surface area contributed by atoms with Gasteiger partial charge in [0.1, 0.15) is 19.0 Å². The third kappa shape index (κ3) is 3.45. The van der Waals surface area contributed by atoms with Crippen molar-refractivity contribution >= 4 is 22.6 Å². The van der Waals surface area contributed by atoms with Crippen LogP contribution >= 0.6 is 0 Å². The molecule has 6 nitrogen and oxygen atoms in total. The van der Waals surface area contributed by atoms with Crippen molar-refractivity contribution in [2.45, 2.75) is 26.3 Å². The van der Waals surface area contributed by atoms with E-state index in [0.29, 0.717) is 24.7 Å². The summed E-state index contributed by atoms with van der Waals surface area (Å²) in [5.74, 6) is 1.16. The lowest BCUT2D eigenvalue weighted by Crippen LogP contribution is -2.26. The Balaban J connectivity index is 1.96. The molecule has 1 aliphatic heterocycles. The van der Waals surface area contributed by atoms with E-state index < -0.39 is 5.97 Å². The van der Waals surface area contributed by atoms with Gasteiger partial charge >= 0.3 is 5.97 Å². The Hall–Kier alpha value is -3.28. The first-order valence-electron chi connectivity index (χ1n) is 9.16. The summed E-state index contributed by atoms with van der Waals surface area (Å²) in [6, 6.07) is 10.8. The van der Waals surface area contributed by atoms with Crippen molar-refractivity contribution in [1.29, 1.82) is 0 Å². The van der Waals surface area contributed by atoms with E-state index in [2.05, 4.69) is 31.1 Å². The molecule has 0 unspecified atom stereocenters. The fourth-order valence-electron chi connectivity index (χ4n) is 3.28. The average Bonchev–Trinajstić information content (AvgIpc) is 2.66. The Bertz CT molecular complexity index is 1070. The largest absolute Gasteiger partial charge is 0.486 e. The number of pyridine rings is 1. The van der Waals surface area contributed by atoms with Crippen molar-refractivity contribution in [1.82, 2.24) is 4.98 Å². The fraction of sp³-hybridized carbons (Fsp3) is 0.273. The summed E-state index contributed by atoms with van der Waals surface area (Å²) in [6.07, 6.45) is 1.77. The third-order valence-corrected chi connectivity index (χ3v) is 4.46. The highest BCUT2D eigenvalue weighted by atomic mass is 16.6. The Labute approximate surface area is 163 Å². The van der Waals surface area contributed by atoms with Crippen LogP contribution in [0, 0.1) is 0 Å². The Kier molecular flexibility index (Phi) is 4.34. The summed E-state index contributed by atoms with van der Waals surface area (Å²) < 4.78 is 11.5. The molecule has 0 saturated heterocycles. The predicted octanol–water partition coefficient (Wildman–Crippen LogP) is 4.58. The smallest absolute Gasteiger partial charge is 0.335 e. The normalized spacial score (nSPS) is 13.4. The average molecular weight is 378 g/mol. The first-order valence-corrected chi connectivity index (χ1v) is 9.16. The van der Waals surface area contributed by atoms with Crippen molar-refractivity contribution in [3.8, 4) is 22.6 Å². The second-order valence-corrected chi connectivity index (χ2v) is 7.82. The molecule has 3 aromatic rings. The number of carbonyl (C=O) groups is 1. The van der Waals surface area contributed by atoms with Gasteiger partial charge in [0.15, 0.2) is 11.5 Å². The monoisotopic (exact) mass is 378 g/mol. The zero-order valence-electron chi connectivity index (χ0n) is 16.1. The molecule has 0 atom stereocenters. The lowest BCUT2D eigenvalue weighted by atomic mass is 9.97. The van der Waals surface area contributed by atoms with Crippen LogP contribution in [0.15, 0.2) is 42.6 Å². The Morgan fingerprint density at radius 1 is 1.07 bits per heavy atom. The number of carboxylic acids is 1. The van der Waals surface area contributed by atoms with E-state index >= 15 is 0 Å². The van der Waals surface area contributed by atoms with Crippen molar-refractivity contribution in [2.24, 2.45) is 0 Å². The van der Waals surface area contributed by atoms with Gasteiger partial charge in [-0.05, 0) is 56.0 Å². The highest BCUT2D eigenvalue weighted by Crippen LogP contribution is 2.41. The molecule has 144 valence electrons. The fourth-order valence-corrected chi connectivity index (χ4v) is 3.28. The van der Waals surface area contributed by atoms with Gasteiger partial charge in [0.2, 0.25) is 0 Å². The van der Waals surface area contributed by atoms with Crippen LogP contribution in [0.3, 0.4) is 0 Å². The molecule has 2 aromatic carbocycles. The molecule has 2 N–H and O–H groups in total. The van der Waals surface area contributed by atoms with Gasteiger partial charge in [-0.1, -0.05) is 12.1 Å². The summed E-state index contributed by atoms with van der Waals surface area (Å²) in [4.78, 5) is 16.0. The van der Waals surface area contributed by atoms with Crippen LogP contribution in [0.4, 0.5) is 5.82 Å². The SMILES string of the molecule is CC(C)(C)Nc1ncc(-c2cccc(C(=O)O)c2)c2cc3c(cc12)OCCO3. The summed E-state index contributed by atoms with van der Waals surface area (Å²) in [7, 11) is 0. The molecule has 0 amide bonds. The molecule has 4 rings (SSSR count). The lowest BCUT2D eigenvalue weighted by molar-refractivity contribution is 0.0697. The quantitative estimate of drug-likeness (QED) is 0.694. The topological polar surface area (TPSA) is 80.7 Å². The van der Waals surface area contributed by atoms with Gasteiger partial charge in [0, 0.05) is 22.7 Å². The third-order valence-electron chi connectivity index (χ3n) is 4.46. The van der Waals surface area contributed by atoms with Crippen LogP contribution in [0.1, 0.15) is 31.1 Å². The number of aromatic nitrogens is 1. The zero-order valence-corrected chi connectivity index (χ0v) is 16.1. The summed E-state index contributed by atoms with van der Waals surface area (Å²) >= 11 is 0. The van der Waals surface area contributed by atoms with E-state index in [4.69, 9.17) is 9.47 Å². The van der Waals surface area contributed by atoms with Crippen LogP contribution in [-0.2, 0) is 0 Å². The molecule has 0 spiro atoms. The maximum absolute atomic E-state index is 11.4. The van der Waals surface area contributed by atoms with Gasteiger partial charge in [-0.15, -0.1) is 0 Å². The maximum Gasteiger partial charge on any atom is 0.335 e. The maximum atomic E-state index is 11.4. The Morgan fingerprint density at radius 2 is 1.75 bits per heavy atom. The number of benzene rings is 2.